The van der Waals surface area contributed by atoms with Crippen molar-refractivity contribution in [2.75, 3.05) is 0 Å². The molecule has 0 aliphatic heterocycles. The van der Waals surface area contributed by atoms with Crippen molar-refractivity contribution in [2.45, 2.75) is 31.8 Å². The van der Waals surface area contributed by atoms with Gasteiger partial charge >= 0.3 is 5.97 Å². The lowest BCUT2D eigenvalue weighted by molar-refractivity contribution is -0.141. The number of aromatic nitrogens is 3. The normalized spacial score (nSPS) is 14.4. The number of hydrogen-bond acceptors (Lipinski definition) is 5. The summed E-state index contributed by atoms with van der Waals surface area (Å²) < 4.78 is 27.6. The molecule has 0 fully saturated rings. The predicted octanol–water partition coefficient (Wildman–Crippen LogP) is 0.355. The third kappa shape index (κ3) is 3.51. The Kier molecular flexibility index (Phi) is 4.37. The van der Waals surface area contributed by atoms with Gasteiger partial charge in [-0.3, -0.25) is 4.79 Å². The summed E-state index contributed by atoms with van der Waals surface area (Å²) in [5.74, 6) is -1.25. The molecule has 0 unspecified atom stereocenters. The summed E-state index contributed by atoms with van der Waals surface area (Å²) in [5, 5.41) is 16.0. The Morgan fingerprint density at radius 2 is 2.00 bits per heavy atom. The molecule has 1 heterocycles. The lowest BCUT2D eigenvalue weighted by Gasteiger charge is -2.27. The second kappa shape index (κ2) is 5.17. The molecular weight excluding hydrogens is 340 g/mol. The van der Waals surface area contributed by atoms with Crippen LogP contribution in [-0.2, 0) is 21.9 Å². The molecular formula is C9H15BrN4O4S. The molecule has 0 aromatic carbocycles. The molecule has 1 aromatic rings. The molecule has 0 saturated heterocycles. The molecule has 0 radical (unpaired) electrons. The van der Waals surface area contributed by atoms with Crippen molar-refractivity contribution in [3.8, 4) is 0 Å². The molecule has 0 aliphatic carbocycles. The maximum absolute atomic E-state index is 12.2. The van der Waals surface area contributed by atoms with Crippen LogP contribution >= 0.6 is 15.9 Å². The summed E-state index contributed by atoms with van der Waals surface area (Å²) in [5.41, 5.74) is -0.780. The van der Waals surface area contributed by atoms with Crippen molar-refractivity contribution < 1.29 is 18.3 Å². The molecule has 0 bridgehead atoms. The number of halogens is 1. The first-order valence-corrected chi connectivity index (χ1v) is 7.54. The Balaban J connectivity index is 3.20. The fraction of sp³-hybridized carbons (Fsp3) is 0.667. The van der Waals surface area contributed by atoms with Gasteiger partial charge in [0.2, 0.25) is 5.03 Å². The Hall–Kier alpha value is -1.00. The zero-order chi connectivity index (χ0) is 15.0. The first-order chi connectivity index (χ1) is 8.47. The minimum absolute atomic E-state index is 0.0283. The van der Waals surface area contributed by atoms with Crippen molar-refractivity contribution in [2.24, 2.45) is 12.5 Å². The molecule has 0 saturated carbocycles. The minimum Gasteiger partial charge on any atom is -0.480 e. The zero-order valence-corrected chi connectivity index (χ0v) is 13.3. The van der Waals surface area contributed by atoms with Gasteiger partial charge in [0.25, 0.3) is 10.0 Å². The molecule has 19 heavy (non-hydrogen) atoms. The van der Waals surface area contributed by atoms with E-state index in [1.54, 1.807) is 20.8 Å². The number of hydrogen-bond donors (Lipinski definition) is 2. The number of carbonyl (C=O) groups is 1. The van der Waals surface area contributed by atoms with Gasteiger partial charge in [-0.25, -0.2) is 13.1 Å². The van der Waals surface area contributed by atoms with Crippen LogP contribution in [-0.4, -0.2) is 40.5 Å². The van der Waals surface area contributed by atoms with Gasteiger partial charge in [-0.15, -0.1) is 5.10 Å². The van der Waals surface area contributed by atoms with Gasteiger partial charge in [0.05, 0.1) is 0 Å². The highest BCUT2D eigenvalue weighted by atomic mass is 79.9. The Bertz CT molecular complexity index is 570. The van der Waals surface area contributed by atoms with E-state index in [2.05, 4.69) is 31.0 Å². The predicted molar refractivity (Wildman–Crippen MR) is 69.9 cm³/mol. The van der Waals surface area contributed by atoms with Crippen molar-refractivity contribution in [3.05, 3.63) is 4.60 Å². The third-order valence-electron chi connectivity index (χ3n) is 2.38. The molecule has 10 heteroatoms. The average Bonchev–Trinajstić information content (AvgIpc) is 2.53. The number of sulfonamides is 1. The SMILES string of the molecule is Cn1nnc(Br)c1S(=O)(=O)N[C@@H](C(=O)O)C(C)(C)C. The van der Waals surface area contributed by atoms with E-state index in [9.17, 15) is 13.2 Å². The number of aryl methyl sites for hydroxylation is 1. The van der Waals surface area contributed by atoms with Gasteiger partial charge in [0.1, 0.15) is 6.04 Å². The summed E-state index contributed by atoms with van der Waals surface area (Å²) in [6.45, 7) is 4.89. The zero-order valence-electron chi connectivity index (χ0n) is 10.9. The van der Waals surface area contributed by atoms with Crippen LogP contribution in [0, 0.1) is 5.41 Å². The third-order valence-corrected chi connectivity index (χ3v) is 4.69. The standard InChI is InChI=1S/C9H15BrN4O4S/c1-9(2,3)5(8(15)16)12-19(17,18)7-6(10)11-13-14(7)4/h5,12H,1-4H3,(H,15,16)/t5-/m0/s1. The Morgan fingerprint density at radius 1 is 1.47 bits per heavy atom. The number of carboxylic acids is 1. The van der Waals surface area contributed by atoms with Crippen molar-refractivity contribution in [1.82, 2.24) is 19.7 Å². The van der Waals surface area contributed by atoms with Gasteiger partial charge in [-0.1, -0.05) is 26.0 Å². The molecule has 8 nitrogen and oxygen atoms in total. The molecule has 108 valence electrons. The van der Waals surface area contributed by atoms with Gasteiger partial charge in [-0.05, 0) is 21.3 Å². The number of rotatable bonds is 4. The lowest BCUT2D eigenvalue weighted by atomic mass is 9.88. The molecule has 1 rings (SSSR count). The van der Waals surface area contributed by atoms with Crippen LogP contribution in [0.1, 0.15) is 20.8 Å². The van der Waals surface area contributed by atoms with E-state index in [1.165, 1.54) is 7.05 Å². The fourth-order valence-electron chi connectivity index (χ4n) is 1.42. The monoisotopic (exact) mass is 354 g/mol. The number of nitrogens with one attached hydrogen (secondary N) is 1. The van der Waals surface area contributed by atoms with Gasteiger partial charge in [-0.2, -0.15) is 4.72 Å². The van der Waals surface area contributed by atoms with Crippen LogP contribution in [0.15, 0.2) is 9.63 Å². The molecule has 0 spiro atoms. The molecule has 2 N–H and O–H groups in total. The fourth-order valence-corrected chi connectivity index (χ4v) is 3.91. The van der Waals surface area contributed by atoms with E-state index in [1.807, 2.05) is 0 Å². The molecule has 0 aliphatic rings. The van der Waals surface area contributed by atoms with Crippen LogP contribution in [0.5, 0.6) is 0 Å². The molecule has 0 amide bonds. The molecule has 1 aromatic heterocycles. The van der Waals surface area contributed by atoms with Crippen LogP contribution in [0.4, 0.5) is 0 Å². The summed E-state index contributed by atoms with van der Waals surface area (Å²) in [7, 11) is -2.64. The highest BCUT2D eigenvalue weighted by Crippen LogP contribution is 2.23. The summed E-state index contributed by atoms with van der Waals surface area (Å²) in [6, 6.07) is -1.26. The Labute approximate surface area is 119 Å². The summed E-state index contributed by atoms with van der Waals surface area (Å²) in [4.78, 5) is 11.2. The second-order valence-electron chi connectivity index (χ2n) is 5.07. The number of aliphatic carboxylic acids is 1. The van der Waals surface area contributed by atoms with Crippen molar-refractivity contribution in [1.29, 1.82) is 0 Å². The lowest BCUT2D eigenvalue weighted by Crippen LogP contribution is -2.49. The van der Waals surface area contributed by atoms with Gasteiger partial charge < -0.3 is 5.11 Å². The highest BCUT2D eigenvalue weighted by Gasteiger charge is 2.37. The van der Waals surface area contributed by atoms with Crippen LogP contribution in [0.2, 0.25) is 0 Å². The number of carboxylic acid groups (broad SMARTS) is 1. The van der Waals surface area contributed by atoms with Gasteiger partial charge in [0, 0.05) is 7.05 Å². The highest BCUT2D eigenvalue weighted by molar-refractivity contribution is 9.10. The van der Waals surface area contributed by atoms with E-state index < -0.39 is 27.4 Å². The quantitative estimate of drug-likeness (QED) is 0.806. The van der Waals surface area contributed by atoms with E-state index in [0.717, 1.165) is 4.68 Å². The van der Waals surface area contributed by atoms with Crippen molar-refractivity contribution in [3.63, 3.8) is 0 Å². The largest absolute Gasteiger partial charge is 0.480 e. The smallest absolute Gasteiger partial charge is 0.322 e. The van der Waals surface area contributed by atoms with E-state index in [-0.39, 0.29) is 9.63 Å². The first kappa shape index (κ1) is 16.1. The van der Waals surface area contributed by atoms with E-state index in [0.29, 0.717) is 0 Å². The summed E-state index contributed by atoms with van der Waals surface area (Å²) >= 11 is 2.97. The van der Waals surface area contributed by atoms with Crippen LogP contribution in [0.25, 0.3) is 0 Å². The molecule has 1 atom stereocenters. The first-order valence-electron chi connectivity index (χ1n) is 5.27. The maximum atomic E-state index is 12.2. The maximum Gasteiger partial charge on any atom is 0.322 e. The van der Waals surface area contributed by atoms with Crippen molar-refractivity contribution >= 4 is 31.9 Å². The van der Waals surface area contributed by atoms with E-state index >= 15 is 0 Å². The Morgan fingerprint density at radius 3 is 2.32 bits per heavy atom. The number of nitrogens with zero attached hydrogens (tertiary/aromatic N) is 3. The van der Waals surface area contributed by atoms with Crippen LogP contribution in [0.3, 0.4) is 0 Å². The second-order valence-corrected chi connectivity index (χ2v) is 7.45. The minimum atomic E-state index is -4.05. The van der Waals surface area contributed by atoms with Crippen LogP contribution < -0.4 is 4.72 Å². The average molecular weight is 355 g/mol. The summed E-state index contributed by atoms with van der Waals surface area (Å²) in [6.07, 6.45) is 0. The van der Waals surface area contributed by atoms with E-state index in [4.69, 9.17) is 5.11 Å². The van der Waals surface area contributed by atoms with Gasteiger partial charge in [0.15, 0.2) is 4.60 Å². The topological polar surface area (TPSA) is 114 Å².